The summed E-state index contributed by atoms with van der Waals surface area (Å²) in [6.45, 7) is 3.75. The summed E-state index contributed by atoms with van der Waals surface area (Å²) in [6.07, 6.45) is 5.56. The van der Waals surface area contributed by atoms with Gasteiger partial charge >= 0.3 is 0 Å². The van der Waals surface area contributed by atoms with Crippen LogP contribution in [0, 0.1) is 5.82 Å². The van der Waals surface area contributed by atoms with Gasteiger partial charge in [-0.15, -0.1) is 0 Å². The molecule has 0 fully saturated rings. The zero-order chi connectivity index (χ0) is 27.3. The van der Waals surface area contributed by atoms with Crippen molar-refractivity contribution in [1.82, 2.24) is 14.9 Å². The molecule has 0 radical (unpaired) electrons. The lowest BCUT2D eigenvalue weighted by Gasteiger charge is -2.18. The highest BCUT2D eigenvalue weighted by Gasteiger charge is 2.17. The highest BCUT2D eigenvalue weighted by molar-refractivity contribution is 7.90. The first-order valence-corrected chi connectivity index (χ1v) is 14.2. The van der Waals surface area contributed by atoms with Gasteiger partial charge in [0.25, 0.3) is 5.91 Å². The number of aromatic nitrogens is 2. The molecule has 4 aromatic rings. The minimum atomic E-state index is -3.64. The van der Waals surface area contributed by atoms with E-state index < -0.39 is 21.7 Å². The van der Waals surface area contributed by atoms with Gasteiger partial charge in [-0.1, -0.05) is 61.8 Å². The van der Waals surface area contributed by atoms with E-state index in [1.54, 1.807) is 25.3 Å². The highest BCUT2D eigenvalue weighted by atomic mass is 35.5. The third-order valence-corrected chi connectivity index (χ3v) is 7.77. The van der Waals surface area contributed by atoms with Crippen molar-refractivity contribution in [3.63, 3.8) is 0 Å². The number of carbonyl (C=O) groups excluding carboxylic acids is 1. The minimum Gasteiger partial charge on any atom is -0.278 e. The number of H-pyrrole nitrogens is 1. The standard InChI is InChI=1S/C29H27ClFN3O3S/c1-3-15-38(36,37)34-28(35)14-7-19-5-8-20(9-6-19)29(21-10-13-27-22(16-21)18-32-33-27)24(4-2)25-12-11-23(31)17-26(25)30/h5-14,16-18H,3-4,15H2,1-2H3,(H,32,33)(H,34,35)/b14-7+,29-24+. The van der Waals surface area contributed by atoms with Crippen LogP contribution in [0.2, 0.25) is 5.02 Å². The normalized spacial score (nSPS) is 12.6. The van der Waals surface area contributed by atoms with Gasteiger partial charge in [0.15, 0.2) is 0 Å². The zero-order valence-corrected chi connectivity index (χ0v) is 22.5. The Kier molecular flexibility index (Phi) is 8.44. The average Bonchev–Trinajstić information content (AvgIpc) is 3.35. The van der Waals surface area contributed by atoms with Crippen molar-refractivity contribution in [1.29, 1.82) is 0 Å². The molecular weight excluding hydrogens is 525 g/mol. The number of allylic oxidation sites excluding steroid dienone is 1. The number of carbonyl (C=O) groups is 1. The Labute approximate surface area is 226 Å². The first-order chi connectivity index (χ1) is 18.2. The Morgan fingerprint density at radius 3 is 2.47 bits per heavy atom. The van der Waals surface area contributed by atoms with E-state index in [0.29, 0.717) is 17.9 Å². The van der Waals surface area contributed by atoms with Crippen LogP contribution in [-0.2, 0) is 14.8 Å². The third-order valence-electron chi connectivity index (χ3n) is 6.00. The van der Waals surface area contributed by atoms with Crippen LogP contribution in [0.5, 0.6) is 0 Å². The van der Waals surface area contributed by atoms with Crippen molar-refractivity contribution in [3.8, 4) is 0 Å². The van der Waals surface area contributed by atoms with Crippen LogP contribution in [0.3, 0.4) is 0 Å². The van der Waals surface area contributed by atoms with Crippen molar-refractivity contribution in [3.05, 3.63) is 106 Å². The smallest absolute Gasteiger partial charge is 0.257 e. The largest absolute Gasteiger partial charge is 0.278 e. The van der Waals surface area contributed by atoms with Gasteiger partial charge in [0.05, 0.1) is 22.5 Å². The molecule has 3 aromatic carbocycles. The monoisotopic (exact) mass is 551 g/mol. The summed E-state index contributed by atoms with van der Waals surface area (Å²) in [5.41, 5.74) is 6.10. The topological polar surface area (TPSA) is 91.9 Å². The number of sulfonamides is 1. The van der Waals surface area contributed by atoms with Crippen LogP contribution in [0.25, 0.3) is 28.1 Å². The van der Waals surface area contributed by atoms with Crippen molar-refractivity contribution < 1.29 is 17.6 Å². The maximum Gasteiger partial charge on any atom is 0.257 e. The van der Waals surface area contributed by atoms with Crippen molar-refractivity contribution in [2.75, 3.05) is 5.75 Å². The van der Waals surface area contributed by atoms with Crippen LogP contribution in [-0.4, -0.2) is 30.3 Å². The van der Waals surface area contributed by atoms with Crippen molar-refractivity contribution in [2.45, 2.75) is 26.7 Å². The summed E-state index contributed by atoms with van der Waals surface area (Å²) in [5.74, 6) is -1.22. The van der Waals surface area contributed by atoms with Crippen LogP contribution in [0.4, 0.5) is 4.39 Å². The molecular formula is C29H27ClFN3O3S. The highest BCUT2D eigenvalue weighted by Crippen LogP contribution is 2.38. The summed E-state index contributed by atoms with van der Waals surface area (Å²) in [5, 5.41) is 8.35. The first-order valence-electron chi connectivity index (χ1n) is 12.2. The number of rotatable bonds is 9. The van der Waals surface area contributed by atoms with Crippen LogP contribution >= 0.6 is 11.6 Å². The summed E-state index contributed by atoms with van der Waals surface area (Å²) >= 11 is 6.48. The quantitative estimate of drug-likeness (QED) is 0.181. The van der Waals surface area contributed by atoms with Gasteiger partial charge < -0.3 is 0 Å². The summed E-state index contributed by atoms with van der Waals surface area (Å²) < 4.78 is 39.5. The number of fused-ring (bicyclic) bond motifs is 1. The molecule has 9 heteroatoms. The van der Waals surface area contributed by atoms with E-state index >= 15 is 0 Å². The lowest BCUT2D eigenvalue weighted by molar-refractivity contribution is -0.114. The first kappa shape index (κ1) is 27.3. The average molecular weight is 552 g/mol. The van der Waals surface area contributed by atoms with Gasteiger partial charge in [0, 0.05) is 11.5 Å². The molecule has 1 aromatic heterocycles. The van der Waals surface area contributed by atoms with Gasteiger partial charge in [-0.05, 0) is 76.6 Å². The Morgan fingerprint density at radius 2 is 1.79 bits per heavy atom. The van der Waals surface area contributed by atoms with E-state index in [-0.39, 0.29) is 5.75 Å². The van der Waals surface area contributed by atoms with Gasteiger partial charge in [-0.3, -0.25) is 9.89 Å². The van der Waals surface area contributed by atoms with Crippen LogP contribution in [0.15, 0.2) is 72.9 Å². The number of aromatic amines is 1. The second kappa shape index (κ2) is 11.8. The summed E-state index contributed by atoms with van der Waals surface area (Å²) in [7, 11) is -3.64. The number of hydrogen-bond donors (Lipinski definition) is 2. The molecule has 0 aliphatic rings. The van der Waals surface area contributed by atoms with Gasteiger partial charge in [-0.2, -0.15) is 5.10 Å². The fourth-order valence-corrected chi connectivity index (χ4v) is 5.58. The van der Waals surface area contributed by atoms with E-state index in [1.807, 2.05) is 54.1 Å². The number of hydrogen-bond acceptors (Lipinski definition) is 4. The fraction of sp³-hybridized carbons (Fsp3) is 0.172. The molecule has 4 rings (SSSR count). The Balaban J connectivity index is 1.75. The molecule has 1 heterocycles. The Bertz CT molecular complexity index is 1640. The minimum absolute atomic E-state index is 0.112. The molecule has 0 atom stereocenters. The molecule has 1 amide bonds. The Hall–Kier alpha value is -3.75. The van der Waals surface area contributed by atoms with E-state index in [1.165, 1.54) is 18.2 Å². The lowest BCUT2D eigenvalue weighted by Crippen LogP contribution is -2.30. The van der Waals surface area contributed by atoms with E-state index in [4.69, 9.17) is 11.6 Å². The Morgan fingerprint density at radius 1 is 1.05 bits per heavy atom. The van der Waals surface area contributed by atoms with Crippen molar-refractivity contribution >= 4 is 55.7 Å². The van der Waals surface area contributed by atoms with Crippen LogP contribution < -0.4 is 4.72 Å². The molecule has 0 aliphatic carbocycles. The lowest BCUT2D eigenvalue weighted by atomic mass is 9.87. The number of nitrogens with one attached hydrogen (secondary N) is 2. The molecule has 0 unspecified atom stereocenters. The number of amides is 1. The van der Waals surface area contributed by atoms with E-state index in [2.05, 4.69) is 10.2 Å². The van der Waals surface area contributed by atoms with Crippen molar-refractivity contribution in [2.24, 2.45) is 0 Å². The molecule has 0 saturated carbocycles. The van der Waals surface area contributed by atoms with Gasteiger partial charge in [-0.25, -0.2) is 17.5 Å². The maximum atomic E-state index is 13.8. The molecule has 0 aliphatic heterocycles. The number of halogens is 2. The summed E-state index contributed by atoms with van der Waals surface area (Å²) in [4.78, 5) is 12.1. The maximum absolute atomic E-state index is 13.8. The molecule has 0 bridgehead atoms. The van der Waals surface area contributed by atoms with Crippen LogP contribution in [0.1, 0.15) is 48.9 Å². The second-order valence-corrected chi connectivity index (χ2v) is 11.0. The second-order valence-electron chi connectivity index (χ2n) is 8.74. The predicted molar refractivity (Wildman–Crippen MR) is 151 cm³/mol. The van der Waals surface area contributed by atoms with Gasteiger partial charge in [0.1, 0.15) is 5.82 Å². The molecule has 38 heavy (non-hydrogen) atoms. The number of benzene rings is 3. The SMILES string of the molecule is CCCS(=O)(=O)NC(=O)/C=C/c1ccc(/C(=C(/CC)c2ccc(F)cc2Cl)c2ccc3[nH]ncc3c2)cc1. The number of nitrogens with zero attached hydrogens (tertiary/aromatic N) is 1. The third kappa shape index (κ3) is 6.38. The van der Waals surface area contributed by atoms with E-state index in [0.717, 1.165) is 44.3 Å². The van der Waals surface area contributed by atoms with E-state index in [9.17, 15) is 17.6 Å². The fourth-order valence-electron chi connectivity index (χ4n) is 4.29. The predicted octanol–water partition coefficient (Wildman–Crippen LogP) is 6.59. The summed E-state index contributed by atoms with van der Waals surface area (Å²) in [6, 6.07) is 17.9. The van der Waals surface area contributed by atoms with Gasteiger partial charge in [0.2, 0.25) is 10.0 Å². The molecule has 2 N–H and O–H groups in total. The molecule has 0 saturated heterocycles. The molecule has 6 nitrogen and oxygen atoms in total. The molecule has 0 spiro atoms. The zero-order valence-electron chi connectivity index (χ0n) is 21.0. The molecule has 196 valence electrons.